The molecule has 1 unspecified atom stereocenters. The molecule has 0 aliphatic rings. The molecular weight excluding hydrogens is 306 g/mol. The van der Waals surface area contributed by atoms with Crippen LogP contribution in [0.1, 0.15) is 44.1 Å². The summed E-state index contributed by atoms with van der Waals surface area (Å²) < 4.78 is 6.94. The standard InChI is InChI=1S/C16H21N7O/c1-11(19-8-14-21-15(22-24-14)16(2,3)17)12-4-6-13(7-5-12)23-10-18-9-20-23/h4-7,9-11,19H,8,17H2,1-3H3. The predicted molar refractivity (Wildman–Crippen MR) is 88.1 cm³/mol. The second-order valence-corrected chi connectivity index (χ2v) is 6.27. The molecule has 126 valence electrons. The van der Waals surface area contributed by atoms with Gasteiger partial charge in [-0.25, -0.2) is 9.67 Å². The molecule has 8 nitrogen and oxygen atoms in total. The van der Waals surface area contributed by atoms with Gasteiger partial charge in [-0.1, -0.05) is 17.3 Å². The maximum atomic E-state index is 5.95. The van der Waals surface area contributed by atoms with Crippen LogP contribution in [-0.4, -0.2) is 24.9 Å². The van der Waals surface area contributed by atoms with Gasteiger partial charge in [0.25, 0.3) is 0 Å². The fourth-order valence-electron chi connectivity index (χ4n) is 2.20. The Morgan fingerprint density at radius 3 is 2.62 bits per heavy atom. The van der Waals surface area contributed by atoms with Crippen molar-refractivity contribution < 1.29 is 4.52 Å². The third kappa shape index (κ3) is 3.66. The largest absolute Gasteiger partial charge is 0.338 e. The van der Waals surface area contributed by atoms with Gasteiger partial charge in [0, 0.05) is 6.04 Å². The third-order valence-electron chi connectivity index (χ3n) is 3.68. The fourth-order valence-corrected chi connectivity index (χ4v) is 2.20. The van der Waals surface area contributed by atoms with E-state index in [0.717, 1.165) is 11.3 Å². The molecule has 24 heavy (non-hydrogen) atoms. The third-order valence-corrected chi connectivity index (χ3v) is 3.68. The highest BCUT2D eigenvalue weighted by atomic mass is 16.5. The Labute approximate surface area is 140 Å². The topological polar surface area (TPSA) is 108 Å². The first-order chi connectivity index (χ1) is 11.4. The fraction of sp³-hybridized carbons (Fsp3) is 0.375. The van der Waals surface area contributed by atoms with Crippen molar-refractivity contribution in [3.63, 3.8) is 0 Å². The highest BCUT2D eigenvalue weighted by Crippen LogP contribution is 2.16. The maximum absolute atomic E-state index is 5.95. The van der Waals surface area contributed by atoms with Crippen molar-refractivity contribution in [3.05, 3.63) is 54.2 Å². The average molecular weight is 327 g/mol. The summed E-state index contributed by atoms with van der Waals surface area (Å²) in [6, 6.07) is 8.25. The van der Waals surface area contributed by atoms with Gasteiger partial charge < -0.3 is 15.6 Å². The molecule has 0 saturated heterocycles. The van der Waals surface area contributed by atoms with E-state index in [-0.39, 0.29) is 6.04 Å². The maximum Gasteiger partial charge on any atom is 0.240 e. The molecule has 3 rings (SSSR count). The van der Waals surface area contributed by atoms with Gasteiger partial charge in [0.1, 0.15) is 12.7 Å². The summed E-state index contributed by atoms with van der Waals surface area (Å²) in [6.07, 6.45) is 3.18. The quantitative estimate of drug-likeness (QED) is 0.709. The molecule has 2 heterocycles. The molecule has 0 amide bonds. The van der Waals surface area contributed by atoms with Gasteiger partial charge in [-0.3, -0.25) is 0 Å². The molecule has 3 N–H and O–H groups in total. The molecule has 0 fully saturated rings. The van der Waals surface area contributed by atoms with Gasteiger partial charge >= 0.3 is 0 Å². The van der Waals surface area contributed by atoms with Gasteiger partial charge in [-0.05, 0) is 38.5 Å². The number of nitrogens with zero attached hydrogens (tertiary/aromatic N) is 5. The van der Waals surface area contributed by atoms with Crippen LogP contribution < -0.4 is 11.1 Å². The Hall–Kier alpha value is -2.58. The van der Waals surface area contributed by atoms with Crippen molar-refractivity contribution in [3.8, 4) is 5.69 Å². The summed E-state index contributed by atoms with van der Waals surface area (Å²) in [7, 11) is 0. The number of nitrogens with two attached hydrogens (primary N) is 1. The average Bonchev–Trinajstić information content (AvgIpc) is 3.23. The van der Waals surface area contributed by atoms with Crippen molar-refractivity contribution in [1.29, 1.82) is 0 Å². The Bertz CT molecular complexity index is 772. The lowest BCUT2D eigenvalue weighted by Gasteiger charge is -2.13. The zero-order valence-electron chi connectivity index (χ0n) is 14.0. The Kier molecular flexibility index (Phi) is 4.41. The summed E-state index contributed by atoms with van der Waals surface area (Å²) in [5, 5.41) is 11.4. The molecule has 8 heteroatoms. The van der Waals surface area contributed by atoms with Gasteiger partial charge in [-0.15, -0.1) is 0 Å². The van der Waals surface area contributed by atoms with E-state index in [1.165, 1.54) is 6.33 Å². The summed E-state index contributed by atoms with van der Waals surface area (Å²) in [5.41, 5.74) is 7.47. The van der Waals surface area contributed by atoms with Gasteiger partial charge in [0.15, 0.2) is 5.82 Å². The molecule has 0 spiro atoms. The van der Waals surface area contributed by atoms with Crippen LogP contribution in [0.25, 0.3) is 5.69 Å². The summed E-state index contributed by atoms with van der Waals surface area (Å²) in [4.78, 5) is 8.26. The first kappa shape index (κ1) is 16.3. The van der Waals surface area contributed by atoms with E-state index < -0.39 is 5.54 Å². The van der Waals surface area contributed by atoms with Gasteiger partial charge in [0.05, 0.1) is 17.8 Å². The molecule has 0 aliphatic carbocycles. The van der Waals surface area contributed by atoms with Crippen LogP contribution in [0.5, 0.6) is 0 Å². The number of benzene rings is 1. The second kappa shape index (κ2) is 6.50. The van der Waals surface area contributed by atoms with Gasteiger partial charge in [-0.2, -0.15) is 10.1 Å². The number of nitrogens with one attached hydrogen (secondary N) is 1. The van der Waals surface area contributed by atoms with E-state index in [1.807, 2.05) is 26.0 Å². The normalized spacial score (nSPS) is 13.2. The lowest BCUT2D eigenvalue weighted by atomic mass is 10.1. The van der Waals surface area contributed by atoms with E-state index in [0.29, 0.717) is 18.3 Å². The number of rotatable bonds is 6. The summed E-state index contributed by atoms with van der Waals surface area (Å²) >= 11 is 0. The molecule has 1 atom stereocenters. The number of hydrogen-bond acceptors (Lipinski definition) is 7. The molecule has 2 aromatic heterocycles. The van der Waals surface area contributed by atoms with Crippen LogP contribution in [-0.2, 0) is 12.1 Å². The smallest absolute Gasteiger partial charge is 0.240 e. The van der Waals surface area contributed by atoms with Crippen LogP contribution in [0.15, 0.2) is 41.4 Å². The molecular formula is C16H21N7O. The van der Waals surface area contributed by atoms with Crippen LogP contribution in [0.2, 0.25) is 0 Å². The zero-order valence-corrected chi connectivity index (χ0v) is 14.0. The monoisotopic (exact) mass is 327 g/mol. The van der Waals surface area contributed by atoms with E-state index in [9.17, 15) is 0 Å². The van der Waals surface area contributed by atoms with Gasteiger partial charge in [0.2, 0.25) is 5.89 Å². The first-order valence-corrected chi connectivity index (χ1v) is 7.74. The minimum Gasteiger partial charge on any atom is -0.338 e. The summed E-state index contributed by atoms with van der Waals surface area (Å²) in [6.45, 7) is 6.24. The molecule has 0 radical (unpaired) electrons. The van der Waals surface area contributed by atoms with E-state index in [2.05, 4.69) is 44.6 Å². The first-order valence-electron chi connectivity index (χ1n) is 7.74. The van der Waals surface area contributed by atoms with E-state index in [1.54, 1.807) is 11.0 Å². The zero-order chi connectivity index (χ0) is 17.2. The molecule has 3 aromatic rings. The Morgan fingerprint density at radius 1 is 1.29 bits per heavy atom. The minimum atomic E-state index is -0.607. The van der Waals surface area contributed by atoms with Crippen molar-refractivity contribution in [2.75, 3.05) is 0 Å². The van der Waals surface area contributed by atoms with E-state index in [4.69, 9.17) is 10.3 Å². The van der Waals surface area contributed by atoms with Crippen molar-refractivity contribution in [2.24, 2.45) is 5.73 Å². The molecule has 1 aromatic carbocycles. The SMILES string of the molecule is CC(NCc1nc(C(C)(C)N)no1)c1ccc(-n2cncn2)cc1. The number of aromatic nitrogens is 5. The van der Waals surface area contributed by atoms with Crippen LogP contribution in [0.3, 0.4) is 0 Å². The van der Waals surface area contributed by atoms with Crippen molar-refractivity contribution in [2.45, 2.75) is 38.9 Å². The molecule has 0 aliphatic heterocycles. The highest BCUT2D eigenvalue weighted by molar-refractivity contribution is 5.34. The van der Waals surface area contributed by atoms with E-state index >= 15 is 0 Å². The van der Waals surface area contributed by atoms with Crippen LogP contribution in [0, 0.1) is 0 Å². The second-order valence-electron chi connectivity index (χ2n) is 6.27. The lowest BCUT2D eigenvalue weighted by molar-refractivity contribution is 0.347. The number of hydrogen-bond donors (Lipinski definition) is 2. The Balaban J connectivity index is 1.61. The summed E-state index contributed by atoms with van der Waals surface area (Å²) in [5.74, 6) is 1.03. The lowest BCUT2D eigenvalue weighted by Crippen LogP contribution is -2.30. The van der Waals surface area contributed by atoms with Crippen LogP contribution >= 0.6 is 0 Å². The molecule has 0 saturated carbocycles. The highest BCUT2D eigenvalue weighted by Gasteiger charge is 2.21. The van der Waals surface area contributed by atoms with Crippen LogP contribution in [0.4, 0.5) is 0 Å². The molecule has 0 bridgehead atoms. The van der Waals surface area contributed by atoms with Crippen molar-refractivity contribution >= 4 is 0 Å². The predicted octanol–water partition coefficient (Wildman–Crippen LogP) is 1.69. The van der Waals surface area contributed by atoms with Crippen molar-refractivity contribution in [1.82, 2.24) is 30.2 Å². The Morgan fingerprint density at radius 2 is 2.04 bits per heavy atom. The minimum absolute atomic E-state index is 0.135.